The number of aryl methyl sites for hydroxylation is 1. The van der Waals surface area contributed by atoms with Gasteiger partial charge in [0.1, 0.15) is 6.61 Å². The molecule has 0 saturated heterocycles. The van der Waals surface area contributed by atoms with Crippen LogP contribution in [-0.2, 0) is 11.2 Å². The summed E-state index contributed by atoms with van der Waals surface area (Å²) in [5.41, 5.74) is 3.51. The van der Waals surface area contributed by atoms with Crippen LogP contribution in [0.5, 0.6) is 0 Å². The van der Waals surface area contributed by atoms with Crippen molar-refractivity contribution in [3.63, 3.8) is 0 Å². The van der Waals surface area contributed by atoms with Gasteiger partial charge in [-0.15, -0.1) is 0 Å². The van der Waals surface area contributed by atoms with Gasteiger partial charge >= 0.3 is 12.3 Å². The van der Waals surface area contributed by atoms with E-state index in [2.05, 4.69) is 10.2 Å². The second-order valence-electron chi connectivity index (χ2n) is 4.46. The number of hydrogen-bond acceptors (Lipinski definition) is 3. The van der Waals surface area contributed by atoms with Crippen LogP contribution < -0.4 is 11.3 Å². The summed E-state index contributed by atoms with van der Waals surface area (Å²) in [6, 6.07) is 9.15. The number of ether oxygens (including phenoxy) is 1. The summed E-state index contributed by atoms with van der Waals surface area (Å²) < 4.78 is 53.7. The maximum absolute atomic E-state index is 12.6. The number of nitrogens with one attached hydrogen (secondary N) is 1. The highest BCUT2D eigenvalue weighted by Gasteiger charge is 2.41. The van der Waals surface area contributed by atoms with E-state index in [1.807, 2.05) is 30.3 Å². The van der Waals surface area contributed by atoms with Crippen molar-refractivity contribution in [2.45, 2.75) is 31.2 Å². The lowest BCUT2D eigenvalue weighted by atomic mass is 10.1. The second-order valence-corrected chi connectivity index (χ2v) is 4.46. The normalized spacial score (nSPS) is 13.7. The molecule has 0 bridgehead atoms. The molecule has 1 rings (SSSR count). The number of alkyl halides is 4. The molecule has 0 aliphatic heterocycles. The number of benzene rings is 1. The van der Waals surface area contributed by atoms with Crippen LogP contribution in [0.1, 0.15) is 12.0 Å². The Morgan fingerprint density at radius 2 is 1.85 bits per heavy atom. The average molecular weight is 294 g/mol. The monoisotopic (exact) mass is 294 g/mol. The molecule has 20 heavy (non-hydrogen) atoms. The van der Waals surface area contributed by atoms with Gasteiger partial charge < -0.3 is 4.74 Å². The van der Waals surface area contributed by atoms with Gasteiger partial charge in [-0.2, -0.15) is 8.78 Å². The van der Waals surface area contributed by atoms with E-state index < -0.39 is 19.0 Å². The molecule has 1 aromatic rings. The van der Waals surface area contributed by atoms with Crippen LogP contribution in [0.25, 0.3) is 0 Å². The van der Waals surface area contributed by atoms with Crippen molar-refractivity contribution in [1.29, 1.82) is 0 Å². The largest absolute Gasteiger partial charge is 0.373 e. The van der Waals surface area contributed by atoms with Crippen molar-refractivity contribution < 1.29 is 22.3 Å². The molecular weight excluding hydrogens is 276 g/mol. The van der Waals surface area contributed by atoms with E-state index in [9.17, 15) is 17.6 Å². The van der Waals surface area contributed by atoms with Gasteiger partial charge in [0.05, 0.1) is 6.61 Å². The fraction of sp³-hybridized carbons (Fsp3) is 0.538. The first-order chi connectivity index (χ1) is 9.45. The van der Waals surface area contributed by atoms with Crippen LogP contribution in [0.3, 0.4) is 0 Å². The molecule has 0 radical (unpaired) electrons. The van der Waals surface area contributed by atoms with Crippen LogP contribution in [-0.4, -0.2) is 31.6 Å². The number of halogens is 4. The number of nitrogens with two attached hydrogens (primary N) is 1. The maximum Gasteiger partial charge on any atom is 0.330 e. The van der Waals surface area contributed by atoms with Gasteiger partial charge in [0, 0.05) is 6.04 Å². The van der Waals surface area contributed by atoms with Gasteiger partial charge in [-0.3, -0.25) is 11.3 Å². The van der Waals surface area contributed by atoms with Crippen molar-refractivity contribution in [1.82, 2.24) is 5.43 Å². The van der Waals surface area contributed by atoms with Crippen molar-refractivity contribution in [2.75, 3.05) is 13.2 Å². The van der Waals surface area contributed by atoms with Crippen molar-refractivity contribution in [3.05, 3.63) is 35.9 Å². The third kappa shape index (κ3) is 5.85. The minimum Gasteiger partial charge on any atom is -0.373 e. The summed E-state index contributed by atoms with van der Waals surface area (Å²) >= 11 is 0. The van der Waals surface area contributed by atoms with Crippen molar-refractivity contribution in [2.24, 2.45) is 5.84 Å². The van der Waals surface area contributed by atoms with E-state index in [1.165, 1.54) is 0 Å². The first-order valence-corrected chi connectivity index (χ1v) is 6.19. The van der Waals surface area contributed by atoms with Gasteiger partial charge in [-0.25, -0.2) is 8.78 Å². The van der Waals surface area contributed by atoms with Gasteiger partial charge in [-0.1, -0.05) is 30.3 Å². The lowest BCUT2D eigenvalue weighted by molar-refractivity contribution is -0.167. The standard InChI is InChI=1S/C13H18F4N2O/c14-12(15)13(16,17)9-20-8-11(19-18)7-6-10-4-2-1-3-5-10/h1-5,11-12,19H,6-9,18H2. The fourth-order valence-electron chi connectivity index (χ4n) is 1.60. The van der Waals surface area contributed by atoms with Gasteiger partial charge in [0.25, 0.3) is 0 Å². The molecule has 114 valence electrons. The Labute approximate surface area is 115 Å². The quantitative estimate of drug-likeness (QED) is 0.417. The highest BCUT2D eigenvalue weighted by Crippen LogP contribution is 2.22. The average Bonchev–Trinajstić information content (AvgIpc) is 2.43. The Kier molecular flexibility index (Phi) is 6.90. The molecule has 0 saturated carbocycles. The van der Waals surface area contributed by atoms with E-state index in [0.717, 1.165) is 5.56 Å². The lowest BCUT2D eigenvalue weighted by Gasteiger charge is -2.19. The minimum absolute atomic E-state index is 0.147. The molecule has 0 amide bonds. The predicted octanol–water partition coefficient (Wildman–Crippen LogP) is 2.37. The van der Waals surface area contributed by atoms with E-state index in [-0.39, 0.29) is 12.6 Å². The topological polar surface area (TPSA) is 47.3 Å². The zero-order valence-corrected chi connectivity index (χ0v) is 10.9. The fourth-order valence-corrected chi connectivity index (χ4v) is 1.60. The molecule has 0 aliphatic carbocycles. The minimum atomic E-state index is -4.13. The Morgan fingerprint density at radius 1 is 1.20 bits per heavy atom. The summed E-state index contributed by atoms with van der Waals surface area (Å²) in [5, 5.41) is 0. The number of hydrazine groups is 1. The number of rotatable bonds is 9. The Hall–Kier alpha value is -1.18. The Bertz CT molecular complexity index is 376. The summed E-state index contributed by atoms with van der Waals surface area (Å²) in [6.07, 6.45) is -2.48. The second kappa shape index (κ2) is 8.18. The summed E-state index contributed by atoms with van der Waals surface area (Å²) in [4.78, 5) is 0. The first kappa shape index (κ1) is 16.9. The Balaban J connectivity index is 2.30. The van der Waals surface area contributed by atoms with E-state index >= 15 is 0 Å². The molecule has 1 aromatic carbocycles. The molecule has 0 fully saturated rings. The lowest BCUT2D eigenvalue weighted by Crippen LogP contribution is -2.41. The molecular formula is C13H18F4N2O. The van der Waals surface area contributed by atoms with Crippen LogP contribution in [0.2, 0.25) is 0 Å². The summed E-state index contributed by atoms with van der Waals surface area (Å²) in [5.74, 6) is 1.15. The molecule has 1 unspecified atom stereocenters. The van der Waals surface area contributed by atoms with Gasteiger partial charge in [0.15, 0.2) is 0 Å². The zero-order chi connectivity index (χ0) is 15.0. The van der Waals surface area contributed by atoms with E-state index in [4.69, 9.17) is 5.84 Å². The highest BCUT2D eigenvalue weighted by molar-refractivity contribution is 5.14. The molecule has 1 atom stereocenters. The van der Waals surface area contributed by atoms with E-state index in [0.29, 0.717) is 12.8 Å². The predicted molar refractivity (Wildman–Crippen MR) is 67.6 cm³/mol. The third-order valence-electron chi connectivity index (χ3n) is 2.79. The zero-order valence-electron chi connectivity index (χ0n) is 10.9. The van der Waals surface area contributed by atoms with Crippen LogP contribution >= 0.6 is 0 Å². The van der Waals surface area contributed by atoms with E-state index in [1.54, 1.807) is 0 Å². The van der Waals surface area contributed by atoms with Crippen LogP contribution in [0, 0.1) is 0 Å². The van der Waals surface area contributed by atoms with Crippen LogP contribution in [0.15, 0.2) is 30.3 Å². The maximum atomic E-state index is 12.6. The van der Waals surface area contributed by atoms with Crippen LogP contribution in [0.4, 0.5) is 17.6 Å². The first-order valence-electron chi connectivity index (χ1n) is 6.19. The van der Waals surface area contributed by atoms with Crippen molar-refractivity contribution >= 4 is 0 Å². The molecule has 3 nitrogen and oxygen atoms in total. The molecule has 0 aromatic heterocycles. The molecule has 0 spiro atoms. The Morgan fingerprint density at radius 3 is 2.40 bits per heavy atom. The van der Waals surface area contributed by atoms with Gasteiger partial charge in [-0.05, 0) is 18.4 Å². The summed E-state index contributed by atoms with van der Waals surface area (Å²) in [6.45, 7) is -1.46. The molecule has 0 aliphatic rings. The smallest absolute Gasteiger partial charge is 0.330 e. The van der Waals surface area contributed by atoms with Gasteiger partial charge in [0.2, 0.25) is 0 Å². The SMILES string of the molecule is NNC(CCc1ccccc1)COCC(F)(F)C(F)F. The molecule has 7 heteroatoms. The molecule has 0 heterocycles. The van der Waals surface area contributed by atoms with Crippen molar-refractivity contribution in [3.8, 4) is 0 Å². The number of hydrogen-bond donors (Lipinski definition) is 2. The molecule has 3 N–H and O–H groups in total. The highest BCUT2D eigenvalue weighted by atomic mass is 19.3. The third-order valence-corrected chi connectivity index (χ3v) is 2.79. The summed E-state index contributed by atoms with van der Waals surface area (Å²) in [7, 11) is 0.